The van der Waals surface area contributed by atoms with E-state index in [9.17, 15) is 16.8 Å². The first-order valence-electron chi connectivity index (χ1n) is 23.4. The molecule has 14 nitrogen and oxygen atoms in total. The SMILES string of the molecule is Cc1ccc(S(=O)(=O)n2ccc3c(NC4CCCCC4)c(C=CC4OCCO4)cnc32)cc1.Cc1ccc(S(=O)(=O)n2ccc3c(NC4CCCCC4)c(CCC4OCCO4)cnc32)cc1. The molecule has 0 spiro atoms. The van der Waals surface area contributed by atoms with Crippen molar-refractivity contribution < 1.29 is 35.8 Å². The second kappa shape index (κ2) is 20.4. The van der Waals surface area contributed by atoms with E-state index in [0.717, 1.165) is 82.9 Å². The number of aryl methyl sites for hydroxylation is 3. The van der Waals surface area contributed by atoms with Crippen LogP contribution in [0.4, 0.5) is 11.4 Å². The Balaban J connectivity index is 0.000000166. The first kappa shape index (κ1) is 46.0. The summed E-state index contributed by atoms with van der Waals surface area (Å²) in [7, 11) is -7.50. The van der Waals surface area contributed by atoms with Crippen molar-refractivity contribution in [1.29, 1.82) is 0 Å². The zero-order valence-electron chi connectivity index (χ0n) is 37.7. The number of nitrogens with one attached hydrogen (secondary N) is 2. The third-order valence-corrected chi connectivity index (χ3v) is 16.3. The third kappa shape index (κ3) is 10.2. The predicted octanol–water partition coefficient (Wildman–Crippen LogP) is 9.34. The Morgan fingerprint density at radius 3 is 1.61 bits per heavy atom. The van der Waals surface area contributed by atoms with Gasteiger partial charge in [-0.05, 0) is 94.0 Å². The Morgan fingerprint density at radius 1 is 0.606 bits per heavy atom. The van der Waals surface area contributed by atoms with Gasteiger partial charge >= 0.3 is 0 Å². The van der Waals surface area contributed by atoms with Gasteiger partial charge in [0.15, 0.2) is 23.9 Å². The van der Waals surface area contributed by atoms with Crippen molar-refractivity contribution in [2.75, 3.05) is 37.1 Å². The standard InChI is InChI=1S/C25H31N3O4S.C25H29N3O4S/c2*1-18-7-10-21(11-8-18)33(29,30)28-14-13-22-24(27-20-5-3-2-4-6-20)19(17-26-25(22)28)9-12-23-31-15-16-32-23/h7-8,10-11,13-14,17,20,23H,2-6,9,12,15-16H2,1H3,(H,26,27);7-14,17,20,23H,2-6,15-16H2,1H3,(H,26,27). The van der Waals surface area contributed by atoms with Gasteiger partial charge in [0.2, 0.25) is 0 Å². The number of aromatic nitrogens is 4. The molecule has 10 rings (SSSR count). The summed E-state index contributed by atoms with van der Waals surface area (Å²) in [4.78, 5) is 9.67. The largest absolute Gasteiger partial charge is 0.381 e. The average molecular weight is 937 g/mol. The first-order valence-corrected chi connectivity index (χ1v) is 26.2. The molecule has 6 heterocycles. The number of hydrogen-bond donors (Lipinski definition) is 2. The molecule has 0 atom stereocenters. The van der Waals surface area contributed by atoms with Crippen molar-refractivity contribution in [3.05, 3.63) is 114 Å². The highest BCUT2D eigenvalue weighted by Gasteiger charge is 2.26. The summed E-state index contributed by atoms with van der Waals surface area (Å²) < 4.78 is 78.3. The van der Waals surface area contributed by atoms with Crippen LogP contribution in [0.2, 0.25) is 0 Å². The number of fused-ring (bicyclic) bond motifs is 2. The van der Waals surface area contributed by atoms with E-state index in [2.05, 4.69) is 20.6 Å². The highest BCUT2D eigenvalue weighted by molar-refractivity contribution is 7.90. The summed E-state index contributed by atoms with van der Waals surface area (Å²) >= 11 is 0. The Labute approximate surface area is 387 Å². The minimum absolute atomic E-state index is 0.185. The van der Waals surface area contributed by atoms with Gasteiger partial charge in [-0.25, -0.2) is 34.7 Å². The molecule has 0 unspecified atom stereocenters. The fourth-order valence-electron chi connectivity index (χ4n) is 9.28. The fourth-order valence-corrected chi connectivity index (χ4v) is 11.9. The summed E-state index contributed by atoms with van der Waals surface area (Å²) in [6.07, 6.45) is 23.3. The van der Waals surface area contributed by atoms with Gasteiger partial charge in [0.25, 0.3) is 20.0 Å². The molecule has 2 saturated carbocycles. The van der Waals surface area contributed by atoms with Crippen molar-refractivity contribution in [2.45, 2.75) is 125 Å². The third-order valence-electron chi connectivity index (χ3n) is 13.0. The molecule has 350 valence electrons. The fraction of sp³-hybridized carbons (Fsp3) is 0.440. The van der Waals surface area contributed by atoms with Crippen molar-refractivity contribution >= 4 is 59.6 Å². The number of ether oxygens (including phenoxy) is 4. The number of benzene rings is 2. The van der Waals surface area contributed by atoms with Gasteiger partial charge in [-0.3, -0.25) is 0 Å². The van der Waals surface area contributed by atoms with E-state index in [0.29, 0.717) is 49.8 Å². The Kier molecular flexibility index (Phi) is 14.2. The van der Waals surface area contributed by atoms with Crippen LogP contribution in [0.5, 0.6) is 0 Å². The molecule has 2 aliphatic heterocycles. The van der Waals surface area contributed by atoms with Gasteiger partial charge in [-0.2, -0.15) is 0 Å². The van der Waals surface area contributed by atoms with Crippen LogP contribution < -0.4 is 10.6 Å². The van der Waals surface area contributed by atoms with Crippen LogP contribution in [0.15, 0.2) is 101 Å². The highest BCUT2D eigenvalue weighted by atomic mass is 32.2. The van der Waals surface area contributed by atoms with Crippen molar-refractivity contribution in [2.24, 2.45) is 0 Å². The normalized spacial score (nSPS) is 18.3. The number of pyridine rings is 2. The van der Waals surface area contributed by atoms with Gasteiger partial charge in [0.1, 0.15) is 0 Å². The van der Waals surface area contributed by atoms with E-state index in [1.165, 1.54) is 46.5 Å². The Hall–Kier alpha value is -5.10. The van der Waals surface area contributed by atoms with Gasteiger partial charge in [0, 0.05) is 59.6 Å². The molecule has 2 aliphatic carbocycles. The van der Waals surface area contributed by atoms with E-state index in [4.69, 9.17) is 18.9 Å². The van der Waals surface area contributed by atoms with Crippen LogP contribution in [-0.2, 0) is 45.4 Å². The second-order valence-electron chi connectivity index (χ2n) is 17.7. The van der Waals surface area contributed by atoms with Crippen molar-refractivity contribution in [1.82, 2.24) is 17.9 Å². The molecular formula is C50H60N6O8S2. The molecule has 0 amide bonds. The number of nitrogens with zero attached hydrogens (tertiary/aromatic N) is 4. The lowest BCUT2D eigenvalue weighted by atomic mass is 9.94. The van der Waals surface area contributed by atoms with Gasteiger partial charge < -0.3 is 29.6 Å². The van der Waals surface area contributed by atoms with E-state index < -0.39 is 20.0 Å². The maximum absolute atomic E-state index is 13.4. The maximum atomic E-state index is 13.4. The Morgan fingerprint density at radius 2 is 1.08 bits per heavy atom. The predicted molar refractivity (Wildman–Crippen MR) is 257 cm³/mol. The molecule has 4 fully saturated rings. The zero-order chi connectivity index (χ0) is 45.7. The van der Waals surface area contributed by atoms with Gasteiger partial charge in [-0.15, -0.1) is 0 Å². The number of rotatable bonds is 13. The number of hydrogen-bond acceptors (Lipinski definition) is 12. The first-order chi connectivity index (χ1) is 32.0. The van der Waals surface area contributed by atoms with E-state index in [1.54, 1.807) is 55.0 Å². The lowest BCUT2D eigenvalue weighted by Gasteiger charge is -2.26. The summed E-state index contributed by atoms with van der Waals surface area (Å²) in [6, 6.07) is 18.2. The van der Waals surface area contributed by atoms with Gasteiger partial charge in [0.05, 0.1) is 47.6 Å². The number of anilines is 2. The molecule has 2 aromatic carbocycles. The smallest absolute Gasteiger partial charge is 0.269 e. The van der Waals surface area contributed by atoms with Crippen molar-refractivity contribution in [3.8, 4) is 0 Å². The van der Waals surface area contributed by atoms with Crippen molar-refractivity contribution in [3.63, 3.8) is 0 Å². The molecule has 0 radical (unpaired) electrons. The molecule has 66 heavy (non-hydrogen) atoms. The van der Waals surface area contributed by atoms with Crippen LogP contribution in [0.1, 0.15) is 92.9 Å². The van der Waals surface area contributed by atoms with E-state index in [-0.39, 0.29) is 22.4 Å². The molecular weight excluding hydrogens is 877 g/mol. The van der Waals surface area contributed by atoms with Crippen LogP contribution in [0.3, 0.4) is 0 Å². The summed E-state index contributed by atoms with van der Waals surface area (Å²) in [6.45, 7) is 6.31. The molecule has 2 saturated heterocycles. The summed E-state index contributed by atoms with van der Waals surface area (Å²) in [5, 5.41) is 9.07. The molecule has 16 heteroatoms. The molecule has 2 N–H and O–H groups in total. The quantitative estimate of drug-likeness (QED) is 0.113. The molecule has 6 aromatic rings. The second-order valence-corrected chi connectivity index (χ2v) is 21.3. The van der Waals surface area contributed by atoms with Crippen LogP contribution in [0.25, 0.3) is 28.1 Å². The minimum Gasteiger partial charge on any atom is -0.381 e. The molecule has 4 aliphatic rings. The van der Waals surface area contributed by atoms with Gasteiger partial charge in [-0.1, -0.05) is 80.0 Å². The lowest BCUT2D eigenvalue weighted by molar-refractivity contribution is -0.0461. The van der Waals surface area contributed by atoms with Crippen LogP contribution >= 0.6 is 0 Å². The van der Waals surface area contributed by atoms with Crippen LogP contribution in [-0.4, -0.2) is 85.8 Å². The zero-order valence-corrected chi connectivity index (χ0v) is 39.4. The van der Waals surface area contributed by atoms with E-state index >= 15 is 0 Å². The topological polar surface area (TPSA) is 165 Å². The molecule has 4 aromatic heterocycles. The summed E-state index contributed by atoms with van der Waals surface area (Å²) in [5.74, 6) is 0. The highest BCUT2D eigenvalue weighted by Crippen LogP contribution is 2.35. The lowest BCUT2D eigenvalue weighted by Crippen LogP contribution is -2.23. The Bertz CT molecular complexity index is 2850. The monoisotopic (exact) mass is 936 g/mol. The maximum Gasteiger partial charge on any atom is 0.269 e. The summed E-state index contributed by atoms with van der Waals surface area (Å²) in [5.41, 5.74) is 6.74. The average Bonchev–Trinajstić information content (AvgIpc) is 4.18. The van der Waals surface area contributed by atoms with E-state index in [1.807, 2.05) is 56.5 Å². The minimum atomic E-state index is -3.76. The molecule has 0 bridgehead atoms. The van der Waals surface area contributed by atoms with Crippen LogP contribution in [0, 0.1) is 13.8 Å².